The van der Waals surface area contributed by atoms with Crippen molar-refractivity contribution in [3.63, 3.8) is 0 Å². The molecular formula is C89H150O17P2. The van der Waals surface area contributed by atoms with Crippen molar-refractivity contribution in [1.29, 1.82) is 0 Å². The summed E-state index contributed by atoms with van der Waals surface area (Å²) < 4.78 is 68.6. The molecule has 0 amide bonds. The molecule has 17 nitrogen and oxygen atoms in total. The van der Waals surface area contributed by atoms with Crippen LogP contribution in [0.3, 0.4) is 0 Å². The van der Waals surface area contributed by atoms with E-state index in [1.54, 1.807) is 0 Å². The van der Waals surface area contributed by atoms with Crippen molar-refractivity contribution in [2.45, 2.75) is 354 Å². The van der Waals surface area contributed by atoms with Gasteiger partial charge in [-0.2, -0.15) is 0 Å². The third-order valence-corrected chi connectivity index (χ3v) is 19.2. The lowest BCUT2D eigenvalue weighted by molar-refractivity contribution is -0.161. The molecule has 0 saturated heterocycles. The van der Waals surface area contributed by atoms with Crippen LogP contribution >= 0.6 is 15.6 Å². The molecule has 108 heavy (non-hydrogen) atoms. The molecule has 0 aromatic heterocycles. The summed E-state index contributed by atoms with van der Waals surface area (Å²) in [6.07, 6.45) is 92.7. The molecule has 0 aliphatic heterocycles. The van der Waals surface area contributed by atoms with Crippen molar-refractivity contribution >= 4 is 39.5 Å². The van der Waals surface area contributed by atoms with Crippen LogP contribution < -0.4 is 0 Å². The Kier molecular flexibility index (Phi) is 76.3. The highest BCUT2D eigenvalue weighted by Gasteiger charge is 2.30. The van der Waals surface area contributed by atoms with Crippen LogP contribution in [0.5, 0.6) is 0 Å². The fourth-order valence-electron chi connectivity index (χ4n) is 10.8. The van der Waals surface area contributed by atoms with Gasteiger partial charge in [0, 0.05) is 25.7 Å². The Balaban J connectivity index is 5.51. The minimum atomic E-state index is -5.01. The number of esters is 4. The standard InChI is InChI=1S/C89H150O17P2/c1-5-9-13-17-21-25-29-33-37-39-41-43-47-50-54-58-62-66-70-74-87(92)100-80-84(105-88(93)75-71-67-63-59-55-51-46-36-32-28-24-20-16-12-8-4)81-103-107(95,96)101-77-83(90)78-102-108(97,98)104-82-85(79-99-86(91)73-69-65-61-57-53-49-45-35-31-27-23-19-15-11-7-3)106-89(94)76-72-68-64-60-56-52-48-44-42-40-38-34-30-26-22-18-14-10-6-2/h21-22,25-27,31,33-34,36-38,41-44,46,50,52,54,56,62,64,66,68,83-85,90H,5-20,23-24,28-30,32,35,39-40,45,47-49,51,53,55,57-61,63,65,67,69-82H2,1-4H3,(H,95,96)(H,97,98)/b25-21-,26-22-,31-27-,37-33-,38-34-,43-41-,44-42-,46-36-,54-50-,56-52-,66-62-,68-64-/t83-,84-,85-/m1/s1. The lowest BCUT2D eigenvalue weighted by Crippen LogP contribution is -2.30. The van der Waals surface area contributed by atoms with Gasteiger partial charge in [-0.05, 0) is 154 Å². The van der Waals surface area contributed by atoms with E-state index in [1.165, 1.54) is 103 Å². The van der Waals surface area contributed by atoms with E-state index in [-0.39, 0.29) is 25.7 Å². The highest BCUT2D eigenvalue weighted by molar-refractivity contribution is 7.47. The van der Waals surface area contributed by atoms with Crippen LogP contribution in [0.25, 0.3) is 0 Å². The third-order valence-electron chi connectivity index (χ3n) is 17.3. The van der Waals surface area contributed by atoms with Gasteiger partial charge in [0.1, 0.15) is 19.3 Å². The molecule has 0 heterocycles. The number of unbranched alkanes of at least 4 members (excludes halogenated alkanes) is 28. The first-order valence-corrected chi connectivity index (χ1v) is 45.1. The van der Waals surface area contributed by atoms with Gasteiger partial charge in [0.25, 0.3) is 0 Å². The van der Waals surface area contributed by atoms with E-state index >= 15 is 0 Å². The predicted molar refractivity (Wildman–Crippen MR) is 445 cm³/mol. The second-order valence-electron chi connectivity index (χ2n) is 27.7. The van der Waals surface area contributed by atoms with Gasteiger partial charge in [-0.25, -0.2) is 9.13 Å². The van der Waals surface area contributed by atoms with Crippen LogP contribution in [0.1, 0.15) is 336 Å². The van der Waals surface area contributed by atoms with Gasteiger partial charge in [0.2, 0.25) is 0 Å². The summed E-state index contributed by atoms with van der Waals surface area (Å²) in [5, 5.41) is 10.7. The van der Waals surface area contributed by atoms with E-state index < -0.39 is 97.5 Å². The minimum Gasteiger partial charge on any atom is -0.462 e. The number of aliphatic hydroxyl groups is 1. The number of phosphoric ester groups is 2. The normalized spacial score (nSPS) is 14.5. The number of phosphoric acid groups is 2. The van der Waals surface area contributed by atoms with Crippen molar-refractivity contribution in [1.82, 2.24) is 0 Å². The first-order valence-electron chi connectivity index (χ1n) is 42.1. The molecule has 0 spiro atoms. The maximum Gasteiger partial charge on any atom is 0.472 e. The minimum absolute atomic E-state index is 0.0317. The van der Waals surface area contributed by atoms with Crippen molar-refractivity contribution < 1.29 is 80.2 Å². The number of allylic oxidation sites excluding steroid dienone is 24. The Hall–Kier alpha value is -5.06. The molecule has 0 aromatic carbocycles. The highest BCUT2D eigenvalue weighted by Crippen LogP contribution is 2.45. The second-order valence-corrected chi connectivity index (χ2v) is 30.6. The molecule has 0 aromatic rings. The number of ether oxygens (including phenoxy) is 4. The predicted octanol–water partition coefficient (Wildman–Crippen LogP) is 25.0. The number of hydrogen-bond acceptors (Lipinski definition) is 15. The van der Waals surface area contributed by atoms with Crippen LogP contribution in [0.15, 0.2) is 146 Å². The zero-order valence-corrected chi connectivity index (χ0v) is 69.5. The topological polar surface area (TPSA) is 237 Å². The molecule has 5 atom stereocenters. The number of aliphatic hydroxyl groups excluding tert-OH is 1. The summed E-state index contributed by atoms with van der Waals surface area (Å²) in [4.78, 5) is 73.1. The largest absolute Gasteiger partial charge is 0.472 e. The quantitative estimate of drug-likeness (QED) is 0.0169. The fourth-order valence-corrected chi connectivity index (χ4v) is 12.4. The van der Waals surface area contributed by atoms with Crippen LogP contribution in [0.2, 0.25) is 0 Å². The monoisotopic (exact) mass is 1550 g/mol. The van der Waals surface area contributed by atoms with E-state index in [0.717, 1.165) is 141 Å². The van der Waals surface area contributed by atoms with Gasteiger partial charge in [-0.3, -0.25) is 37.3 Å². The van der Waals surface area contributed by atoms with Crippen LogP contribution in [0.4, 0.5) is 0 Å². The zero-order chi connectivity index (χ0) is 78.9. The molecule has 3 N–H and O–H groups in total. The Morgan fingerprint density at radius 1 is 0.259 bits per heavy atom. The lowest BCUT2D eigenvalue weighted by atomic mass is 10.1. The van der Waals surface area contributed by atoms with Gasteiger partial charge < -0.3 is 33.8 Å². The molecule has 0 rings (SSSR count). The van der Waals surface area contributed by atoms with Gasteiger partial charge in [-0.1, -0.05) is 302 Å². The van der Waals surface area contributed by atoms with E-state index in [4.69, 9.17) is 37.0 Å². The lowest BCUT2D eigenvalue weighted by Gasteiger charge is -2.21. The van der Waals surface area contributed by atoms with E-state index in [1.807, 2.05) is 30.4 Å². The smallest absolute Gasteiger partial charge is 0.462 e. The average Bonchev–Trinajstić information content (AvgIpc) is 0.914. The van der Waals surface area contributed by atoms with Gasteiger partial charge >= 0.3 is 39.5 Å². The zero-order valence-electron chi connectivity index (χ0n) is 67.7. The van der Waals surface area contributed by atoms with E-state index in [9.17, 15) is 43.2 Å². The molecule has 0 saturated carbocycles. The average molecular weight is 1550 g/mol. The molecule has 0 bridgehead atoms. The summed E-state index contributed by atoms with van der Waals surface area (Å²) in [5.74, 6) is -2.38. The molecule has 2 unspecified atom stereocenters. The first kappa shape index (κ1) is 103. The number of carbonyl (C=O) groups excluding carboxylic acids is 4. The fraction of sp³-hybridized carbons (Fsp3) is 0.685. The van der Waals surface area contributed by atoms with Crippen LogP contribution in [0, 0.1) is 0 Å². The molecule has 0 aliphatic carbocycles. The SMILES string of the molecule is CCCCC/C=C\C/C=C\C/C=C\C/C=C\C/C=C\CCC(=O)OC[C@H](COP(=O)(O)OC[C@@H](O)COP(=O)(O)OC[C@@H](COC(=O)CCCCCCCCC/C=C\CCCCCC)OC(=O)CC/C=C\C/C=C\C/C=C\C/C=C\C/C=C\CCCCC)OC(=O)CCCCCCC/C=C\CCCCCCCC. The second kappa shape index (κ2) is 80.0. The maximum absolute atomic E-state index is 13.1. The molecule has 0 radical (unpaired) electrons. The molecule has 0 aliphatic rings. The summed E-state index contributed by atoms with van der Waals surface area (Å²) in [7, 11) is -10.0. The van der Waals surface area contributed by atoms with Crippen LogP contribution in [-0.4, -0.2) is 96.7 Å². The molecular weight excluding hydrogens is 1400 g/mol. The Bertz CT molecular complexity index is 2610. The van der Waals surface area contributed by atoms with Gasteiger partial charge in [0.15, 0.2) is 12.2 Å². The summed E-state index contributed by atoms with van der Waals surface area (Å²) in [6.45, 7) is 4.64. The van der Waals surface area contributed by atoms with Crippen molar-refractivity contribution in [3.05, 3.63) is 146 Å². The summed E-state index contributed by atoms with van der Waals surface area (Å²) in [6, 6.07) is 0. The molecule has 0 fully saturated rings. The molecule has 618 valence electrons. The Morgan fingerprint density at radius 2 is 0.472 bits per heavy atom. The highest BCUT2D eigenvalue weighted by atomic mass is 31.2. The van der Waals surface area contributed by atoms with Crippen molar-refractivity contribution in [3.8, 4) is 0 Å². The van der Waals surface area contributed by atoms with E-state index in [0.29, 0.717) is 38.5 Å². The van der Waals surface area contributed by atoms with Crippen LogP contribution in [-0.2, 0) is 65.4 Å². The summed E-state index contributed by atoms with van der Waals surface area (Å²) >= 11 is 0. The van der Waals surface area contributed by atoms with Crippen molar-refractivity contribution in [2.24, 2.45) is 0 Å². The number of hydrogen-bond donors (Lipinski definition) is 3. The van der Waals surface area contributed by atoms with E-state index in [2.05, 4.69) is 143 Å². The van der Waals surface area contributed by atoms with Gasteiger partial charge in [-0.15, -0.1) is 0 Å². The third kappa shape index (κ3) is 79.0. The Labute approximate surface area is 656 Å². The number of rotatable bonds is 78. The van der Waals surface area contributed by atoms with Crippen molar-refractivity contribution in [2.75, 3.05) is 39.6 Å². The Morgan fingerprint density at radius 3 is 0.806 bits per heavy atom. The maximum atomic E-state index is 13.1. The molecule has 19 heteroatoms. The summed E-state index contributed by atoms with van der Waals surface area (Å²) in [5.41, 5.74) is 0. The first-order chi connectivity index (χ1) is 52.7. The van der Waals surface area contributed by atoms with Gasteiger partial charge in [0.05, 0.1) is 26.4 Å². The number of carbonyl (C=O) groups is 4.